The number of carbonyl (C=O) groups excluding carboxylic acids is 1. The lowest BCUT2D eigenvalue weighted by Crippen LogP contribution is -2.03. The molecule has 0 fully saturated rings. The number of hydrogen-bond acceptors (Lipinski definition) is 3. The van der Waals surface area contributed by atoms with Gasteiger partial charge in [0.25, 0.3) is 0 Å². The molecule has 0 N–H and O–H groups in total. The van der Waals surface area contributed by atoms with Gasteiger partial charge in [-0.05, 0) is 24.3 Å². The van der Waals surface area contributed by atoms with Crippen LogP contribution in [-0.2, 0) is 4.74 Å². The van der Waals surface area contributed by atoms with Crippen LogP contribution in [0.4, 0.5) is 0 Å². The molecule has 21 heavy (non-hydrogen) atoms. The van der Waals surface area contributed by atoms with Crippen molar-refractivity contribution >= 4 is 5.97 Å². The second kappa shape index (κ2) is 5.63. The summed E-state index contributed by atoms with van der Waals surface area (Å²) < 4.78 is 6.48. The van der Waals surface area contributed by atoms with E-state index in [4.69, 9.17) is 4.74 Å². The summed E-state index contributed by atoms with van der Waals surface area (Å²) >= 11 is 0. The summed E-state index contributed by atoms with van der Waals surface area (Å²) in [4.78, 5) is 11.6. The van der Waals surface area contributed by atoms with Crippen LogP contribution in [0, 0.1) is 0 Å². The number of aromatic nitrogens is 2. The maximum Gasteiger partial charge on any atom is 0.337 e. The van der Waals surface area contributed by atoms with E-state index in [1.807, 2.05) is 54.7 Å². The largest absolute Gasteiger partial charge is 0.465 e. The molecule has 1 aromatic heterocycles. The molecule has 0 spiro atoms. The molecule has 0 saturated heterocycles. The van der Waals surface area contributed by atoms with Crippen molar-refractivity contribution < 1.29 is 9.53 Å². The van der Waals surface area contributed by atoms with E-state index in [1.54, 1.807) is 16.8 Å². The van der Waals surface area contributed by atoms with Gasteiger partial charge in [0.2, 0.25) is 0 Å². The zero-order valence-electron chi connectivity index (χ0n) is 11.6. The average molecular weight is 278 g/mol. The summed E-state index contributed by atoms with van der Waals surface area (Å²) in [6.07, 6.45) is 1.87. The van der Waals surface area contributed by atoms with Crippen molar-refractivity contribution in [2.75, 3.05) is 7.11 Å². The highest BCUT2D eigenvalue weighted by atomic mass is 16.5. The zero-order chi connectivity index (χ0) is 14.7. The summed E-state index contributed by atoms with van der Waals surface area (Å²) in [5.74, 6) is -0.354. The Morgan fingerprint density at radius 2 is 1.86 bits per heavy atom. The normalized spacial score (nSPS) is 10.3. The molecule has 0 aliphatic heterocycles. The number of ether oxygens (including phenoxy) is 1. The predicted octanol–water partition coefficient (Wildman–Crippen LogP) is 3.33. The number of hydrogen-bond donors (Lipinski definition) is 0. The first-order chi connectivity index (χ1) is 10.3. The van der Waals surface area contributed by atoms with Gasteiger partial charge in [0, 0.05) is 11.8 Å². The zero-order valence-corrected chi connectivity index (χ0v) is 11.6. The minimum atomic E-state index is -0.354. The van der Waals surface area contributed by atoms with Crippen LogP contribution in [0.5, 0.6) is 0 Å². The van der Waals surface area contributed by atoms with Crippen molar-refractivity contribution in [2.45, 2.75) is 0 Å². The van der Waals surface area contributed by atoms with Crippen LogP contribution in [0.1, 0.15) is 10.4 Å². The van der Waals surface area contributed by atoms with Gasteiger partial charge in [0.1, 0.15) is 0 Å². The van der Waals surface area contributed by atoms with Crippen LogP contribution in [-0.4, -0.2) is 22.9 Å². The fourth-order valence-electron chi connectivity index (χ4n) is 2.12. The molecule has 0 unspecified atom stereocenters. The molecule has 0 atom stereocenters. The van der Waals surface area contributed by atoms with Crippen molar-refractivity contribution in [2.24, 2.45) is 0 Å². The van der Waals surface area contributed by atoms with Crippen LogP contribution in [0.2, 0.25) is 0 Å². The first-order valence-corrected chi connectivity index (χ1v) is 6.58. The molecule has 0 amide bonds. The fraction of sp³-hybridized carbons (Fsp3) is 0.0588. The molecule has 3 aromatic rings. The van der Waals surface area contributed by atoms with Crippen molar-refractivity contribution in [3.05, 3.63) is 72.4 Å². The van der Waals surface area contributed by atoms with Gasteiger partial charge in [-0.1, -0.05) is 36.4 Å². The SMILES string of the molecule is COC(=O)c1cccc(-n2ccc(-c3ccccc3)n2)c1. The van der Waals surface area contributed by atoms with E-state index in [1.165, 1.54) is 7.11 Å². The molecule has 4 nitrogen and oxygen atoms in total. The Labute approximate surface area is 122 Å². The van der Waals surface area contributed by atoms with Gasteiger partial charge in [0.15, 0.2) is 0 Å². The van der Waals surface area contributed by atoms with Crippen molar-refractivity contribution in [1.82, 2.24) is 9.78 Å². The summed E-state index contributed by atoms with van der Waals surface area (Å²) in [5, 5.41) is 4.54. The average Bonchev–Trinajstić information content (AvgIpc) is 3.05. The number of methoxy groups -OCH3 is 1. The Bertz CT molecular complexity index is 763. The van der Waals surface area contributed by atoms with Gasteiger partial charge in [-0.3, -0.25) is 0 Å². The fourth-order valence-corrected chi connectivity index (χ4v) is 2.12. The van der Waals surface area contributed by atoms with Crippen LogP contribution < -0.4 is 0 Å². The second-order valence-corrected chi connectivity index (χ2v) is 4.55. The number of benzene rings is 2. The minimum Gasteiger partial charge on any atom is -0.465 e. The van der Waals surface area contributed by atoms with E-state index < -0.39 is 0 Å². The van der Waals surface area contributed by atoms with Crippen molar-refractivity contribution in [3.63, 3.8) is 0 Å². The van der Waals surface area contributed by atoms with Gasteiger partial charge < -0.3 is 4.74 Å². The number of esters is 1. The van der Waals surface area contributed by atoms with E-state index in [0.717, 1.165) is 16.9 Å². The lowest BCUT2D eigenvalue weighted by atomic mass is 10.2. The van der Waals surface area contributed by atoms with E-state index in [2.05, 4.69) is 5.10 Å². The first-order valence-electron chi connectivity index (χ1n) is 6.58. The molecular formula is C17H14N2O2. The molecule has 0 bridgehead atoms. The third-order valence-corrected chi connectivity index (χ3v) is 3.19. The van der Waals surface area contributed by atoms with Crippen molar-refractivity contribution in [3.8, 4) is 16.9 Å². The van der Waals surface area contributed by atoms with Gasteiger partial charge in [-0.2, -0.15) is 5.10 Å². The Hall–Kier alpha value is -2.88. The Morgan fingerprint density at radius 3 is 2.62 bits per heavy atom. The number of carbonyl (C=O) groups is 1. The molecular weight excluding hydrogens is 264 g/mol. The molecule has 1 heterocycles. The monoisotopic (exact) mass is 278 g/mol. The minimum absolute atomic E-state index is 0.354. The van der Waals surface area contributed by atoms with Crippen LogP contribution in [0.15, 0.2) is 66.9 Å². The molecule has 4 heteroatoms. The molecule has 3 rings (SSSR count). The maximum absolute atomic E-state index is 11.6. The number of nitrogens with zero attached hydrogens (tertiary/aromatic N) is 2. The first kappa shape index (κ1) is 13.1. The Balaban J connectivity index is 1.95. The Kier molecular flexibility index (Phi) is 3.51. The lowest BCUT2D eigenvalue weighted by Gasteiger charge is -2.04. The lowest BCUT2D eigenvalue weighted by molar-refractivity contribution is 0.0600. The summed E-state index contributed by atoms with van der Waals surface area (Å²) in [6, 6.07) is 19.1. The highest BCUT2D eigenvalue weighted by Crippen LogP contribution is 2.18. The van der Waals surface area contributed by atoms with E-state index in [9.17, 15) is 4.79 Å². The molecule has 0 aliphatic rings. The molecule has 0 aliphatic carbocycles. The third kappa shape index (κ3) is 2.69. The van der Waals surface area contributed by atoms with Gasteiger partial charge in [0.05, 0.1) is 24.1 Å². The van der Waals surface area contributed by atoms with Crippen LogP contribution in [0.3, 0.4) is 0 Å². The second-order valence-electron chi connectivity index (χ2n) is 4.55. The smallest absolute Gasteiger partial charge is 0.337 e. The topological polar surface area (TPSA) is 44.1 Å². The molecule has 0 saturated carbocycles. The number of rotatable bonds is 3. The molecule has 2 aromatic carbocycles. The summed E-state index contributed by atoms with van der Waals surface area (Å²) in [7, 11) is 1.37. The maximum atomic E-state index is 11.6. The third-order valence-electron chi connectivity index (χ3n) is 3.19. The quantitative estimate of drug-likeness (QED) is 0.690. The van der Waals surface area contributed by atoms with Gasteiger partial charge in [-0.15, -0.1) is 0 Å². The van der Waals surface area contributed by atoms with Gasteiger partial charge in [-0.25, -0.2) is 9.48 Å². The highest BCUT2D eigenvalue weighted by Gasteiger charge is 2.08. The standard InChI is InChI=1S/C17H14N2O2/c1-21-17(20)14-8-5-9-15(12-14)19-11-10-16(18-19)13-6-3-2-4-7-13/h2-12H,1H3. The summed E-state index contributed by atoms with van der Waals surface area (Å²) in [6.45, 7) is 0. The Morgan fingerprint density at radius 1 is 1.05 bits per heavy atom. The van der Waals surface area contributed by atoms with Crippen LogP contribution in [0.25, 0.3) is 16.9 Å². The molecule has 104 valence electrons. The van der Waals surface area contributed by atoms with Gasteiger partial charge >= 0.3 is 5.97 Å². The van der Waals surface area contributed by atoms with E-state index >= 15 is 0 Å². The van der Waals surface area contributed by atoms with Crippen LogP contribution >= 0.6 is 0 Å². The van der Waals surface area contributed by atoms with E-state index in [0.29, 0.717) is 5.56 Å². The predicted molar refractivity (Wildman–Crippen MR) is 80.3 cm³/mol. The highest BCUT2D eigenvalue weighted by molar-refractivity contribution is 5.89. The summed E-state index contributed by atoms with van der Waals surface area (Å²) in [5.41, 5.74) is 3.27. The van der Waals surface area contributed by atoms with Crippen molar-refractivity contribution in [1.29, 1.82) is 0 Å². The molecule has 0 radical (unpaired) electrons. The van der Waals surface area contributed by atoms with E-state index in [-0.39, 0.29) is 5.97 Å².